The molecular weight excluding hydrogens is 249 g/mol. The van der Waals surface area contributed by atoms with Crippen LogP contribution in [-0.2, 0) is 4.79 Å². The van der Waals surface area contributed by atoms with Crippen molar-refractivity contribution in [1.29, 1.82) is 0 Å². The number of hydrogen-bond donors (Lipinski definition) is 0. The van der Waals surface area contributed by atoms with E-state index in [1.165, 1.54) is 12.1 Å². The van der Waals surface area contributed by atoms with Crippen LogP contribution < -0.4 is 4.90 Å². The molecule has 0 unspecified atom stereocenters. The van der Waals surface area contributed by atoms with Gasteiger partial charge in [-0.2, -0.15) is 0 Å². The summed E-state index contributed by atoms with van der Waals surface area (Å²) in [5.41, 5.74) is 0.762. The Kier molecular flexibility index (Phi) is 2.54. The number of anilines is 1. The Hall–Kier alpha value is -0.900. The average Bonchev–Trinajstić information content (AvgIpc) is 2.50. The first kappa shape index (κ1) is 9.65. The molecule has 1 fully saturated rings. The number of rotatable bonds is 1. The summed E-state index contributed by atoms with van der Waals surface area (Å²) >= 11 is 3.29. The Labute approximate surface area is 89.8 Å². The SMILES string of the molecule is O=C1[C@@H](Br)CCN1c1ccc(F)cc1. The lowest BCUT2D eigenvalue weighted by atomic mass is 10.3. The Balaban J connectivity index is 2.24. The maximum Gasteiger partial charge on any atom is 0.240 e. The van der Waals surface area contributed by atoms with Gasteiger partial charge in [0.25, 0.3) is 0 Å². The van der Waals surface area contributed by atoms with Crippen LogP contribution in [0, 0.1) is 5.82 Å². The van der Waals surface area contributed by atoms with Crippen LogP contribution in [-0.4, -0.2) is 17.3 Å². The second-order valence-corrected chi connectivity index (χ2v) is 4.33. The van der Waals surface area contributed by atoms with E-state index in [0.29, 0.717) is 6.54 Å². The molecule has 1 saturated heterocycles. The predicted molar refractivity (Wildman–Crippen MR) is 56.1 cm³/mol. The number of amides is 1. The van der Waals surface area contributed by atoms with Gasteiger partial charge in [-0.25, -0.2) is 4.39 Å². The molecule has 2 nitrogen and oxygen atoms in total. The molecule has 0 bridgehead atoms. The maximum absolute atomic E-state index is 12.6. The number of nitrogens with zero attached hydrogens (tertiary/aromatic N) is 1. The third kappa shape index (κ3) is 1.66. The highest BCUT2D eigenvalue weighted by Crippen LogP contribution is 2.25. The van der Waals surface area contributed by atoms with Crippen LogP contribution in [0.1, 0.15) is 6.42 Å². The van der Waals surface area contributed by atoms with Crippen molar-refractivity contribution in [3.8, 4) is 0 Å². The fourth-order valence-corrected chi connectivity index (χ4v) is 1.97. The molecule has 4 heteroatoms. The molecule has 74 valence electrons. The van der Waals surface area contributed by atoms with Crippen LogP contribution in [0.5, 0.6) is 0 Å². The molecule has 0 spiro atoms. The molecule has 0 aliphatic carbocycles. The topological polar surface area (TPSA) is 20.3 Å². The standard InChI is InChI=1S/C10H9BrFNO/c11-9-5-6-13(10(9)14)8-3-1-7(12)2-4-8/h1-4,9H,5-6H2/t9-/m0/s1. The van der Waals surface area contributed by atoms with Crippen LogP contribution in [0.4, 0.5) is 10.1 Å². The van der Waals surface area contributed by atoms with Gasteiger partial charge in [-0.05, 0) is 30.7 Å². The lowest BCUT2D eigenvalue weighted by Crippen LogP contribution is -2.26. The minimum atomic E-state index is -0.282. The third-order valence-electron chi connectivity index (χ3n) is 2.28. The van der Waals surface area contributed by atoms with Crippen LogP contribution in [0.3, 0.4) is 0 Å². The van der Waals surface area contributed by atoms with E-state index in [1.54, 1.807) is 17.0 Å². The Morgan fingerprint density at radius 3 is 2.50 bits per heavy atom. The van der Waals surface area contributed by atoms with Crippen molar-refractivity contribution in [3.05, 3.63) is 30.1 Å². The van der Waals surface area contributed by atoms with E-state index in [1.807, 2.05) is 0 Å². The number of carbonyl (C=O) groups is 1. The first-order valence-electron chi connectivity index (χ1n) is 4.39. The molecule has 0 radical (unpaired) electrons. The van der Waals surface area contributed by atoms with Crippen molar-refractivity contribution in [2.75, 3.05) is 11.4 Å². The van der Waals surface area contributed by atoms with E-state index in [0.717, 1.165) is 12.1 Å². The summed E-state index contributed by atoms with van der Waals surface area (Å²) in [6.45, 7) is 0.695. The zero-order valence-corrected chi connectivity index (χ0v) is 9.00. The first-order valence-corrected chi connectivity index (χ1v) is 5.31. The van der Waals surface area contributed by atoms with E-state index in [2.05, 4.69) is 15.9 Å². The van der Waals surface area contributed by atoms with Crippen LogP contribution in [0.2, 0.25) is 0 Å². The summed E-state index contributed by atoms with van der Waals surface area (Å²) < 4.78 is 12.6. The highest BCUT2D eigenvalue weighted by Gasteiger charge is 2.30. The highest BCUT2D eigenvalue weighted by atomic mass is 79.9. The number of hydrogen-bond acceptors (Lipinski definition) is 1. The van der Waals surface area contributed by atoms with Crippen molar-refractivity contribution in [3.63, 3.8) is 0 Å². The first-order chi connectivity index (χ1) is 6.68. The van der Waals surface area contributed by atoms with Gasteiger partial charge >= 0.3 is 0 Å². The molecule has 1 aromatic rings. The fraction of sp³-hybridized carbons (Fsp3) is 0.300. The number of halogens is 2. The lowest BCUT2D eigenvalue weighted by molar-refractivity contribution is -0.116. The second-order valence-electron chi connectivity index (χ2n) is 3.22. The number of benzene rings is 1. The lowest BCUT2D eigenvalue weighted by Gasteiger charge is -2.15. The normalized spacial score (nSPS) is 21.7. The Bertz CT molecular complexity index is 352. The van der Waals surface area contributed by atoms with Gasteiger partial charge in [-0.3, -0.25) is 4.79 Å². The molecule has 2 rings (SSSR count). The molecule has 0 saturated carbocycles. The smallest absolute Gasteiger partial charge is 0.240 e. The van der Waals surface area contributed by atoms with Crippen molar-refractivity contribution in [1.82, 2.24) is 0 Å². The molecule has 0 aromatic heterocycles. The van der Waals surface area contributed by atoms with Crippen LogP contribution in [0.25, 0.3) is 0 Å². The summed E-state index contributed by atoms with van der Waals surface area (Å²) in [5, 5.41) is 0. The maximum atomic E-state index is 12.6. The largest absolute Gasteiger partial charge is 0.311 e. The molecule has 1 aromatic carbocycles. The predicted octanol–water partition coefficient (Wildman–Crippen LogP) is 2.33. The van der Waals surface area contributed by atoms with E-state index < -0.39 is 0 Å². The second kappa shape index (κ2) is 3.69. The summed E-state index contributed by atoms with van der Waals surface area (Å²) in [7, 11) is 0. The molecular formula is C10H9BrFNO. The summed E-state index contributed by atoms with van der Waals surface area (Å²) in [5.74, 6) is -0.229. The molecule has 1 amide bonds. The van der Waals surface area contributed by atoms with Gasteiger partial charge in [0, 0.05) is 12.2 Å². The van der Waals surface area contributed by atoms with Crippen molar-refractivity contribution in [2.45, 2.75) is 11.2 Å². The molecule has 1 aliphatic heterocycles. The molecule has 14 heavy (non-hydrogen) atoms. The van der Waals surface area contributed by atoms with Gasteiger partial charge in [-0.1, -0.05) is 15.9 Å². The van der Waals surface area contributed by atoms with Gasteiger partial charge in [0.1, 0.15) is 5.82 Å². The van der Waals surface area contributed by atoms with Gasteiger partial charge < -0.3 is 4.90 Å². The number of alkyl halides is 1. The third-order valence-corrected chi connectivity index (χ3v) is 3.13. The van der Waals surface area contributed by atoms with Gasteiger partial charge in [0.2, 0.25) is 5.91 Å². The van der Waals surface area contributed by atoms with Crippen LogP contribution in [0.15, 0.2) is 24.3 Å². The van der Waals surface area contributed by atoms with Crippen molar-refractivity contribution >= 4 is 27.5 Å². The quantitative estimate of drug-likeness (QED) is 0.708. The van der Waals surface area contributed by atoms with Gasteiger partial charge in [0.05, 0.1) is 4.83 Å². The zero-order valence-electron chi connectivity index (χ0n) is 7.41. The van der Waals surface area contributed by atoms with Crippen molar-refractivity contribution < 1.29 is 9.18 Å². The minimum absolute atomic E-state index is 0.0524. The monoisotopic (exact) mass is 257 g/mol. The molecule has 0 N–H and O–H groups in total. The summed E-state index contributed by atoms with van der Waals surface area (Å²) in [6, 6.07) is 5.98. The van der Waals surface area contributed by atoms with E-state index in [9.17, 15) is 9.18 Å². The molecule has 1 atom stereocenters. The van der Waals surface area contributed by atoms with Crippen molar-refractivity contribution in [2.24, 2.45) is 0 Å². The van der Waals surface area contributed by atoms with Crippen LogP contribution >= 0.6 is 15.9 Å². The van der Waals surface area contributed by atoms with E-state index >= 15 is 0 Å². The van der Waals surface area contributed by atoms with Gasteiger partial charge in [0.15, 0.2) is 0 Å². The number of carbonyl (C=O) groups excluding carboxylic acids is 1. The average molecular weight is 258 g/mol. The fourth-order valence-electron chi connectivity index (χ4n) is 1.52. The molecule has 1 heterocycles. The molecule has 1 aliphatic rings. The van der Waals surface area contributed by atoms with E-state index in [-0.39, 0.29) is 16.6 Å². The zero-order chi connectivity index (χ0) is 10.1. The minimum Gasteiger partial charge on any atom is -0.311 e. The Morgan fingerprint density at radius 2 is 2.00 bits per heavy atom. The highest BCUT2D eigenvalue weighted by molar-refractivity contribution is 9.10. The Morgan fingerprint density at radius 1 is 1.36 bits per heavy atom. The summed E-state index contributed by atoms with van der Waals surface area (Å²) in [6.07, 6.45) is 0.802. The van der Waals surface area contributed by atoms with Gasteiger partial charge in [-0.15, -0.1) is 0 Å². The summed E-state index contributed by atoms with van der Waals surface area (Å²) in [4.78, 5) is 13.2. The van der Waals surface area contributed by atoms with E-state index in [4.69, 9.17) is 0 Å².